The maximum atomic E-state index is 13.1. The van der Waals surface area contributed by atoms with Gasteiger partial charge < -0.3 is 19.4 Å². The number of rotatable bonds is 8. The molecule has 1 atom stereocenters. The van der Waals surface area contributed by atoms with Crippen molar-refractivity contribution in [2.45, 2.75) is 33.2 Å². The predicted octanol–water partition coefficient (Wildman–Crippen LogP) is 2.83. The van der Waals surface area contributed by atoms with Gasteiger partial charge in [-0.1, -0.05) is 12.1 Å². The summed E-state index contributed by atoms with van der Waals surface area (Å²) in [7, 11) is 0. The van der Waals surface area contributed by atoms with Crippen LogP contribution < -0.4 is 5.32 Å². The Morgan fingerprint density at radius 3 is 2.47 bits per heavy atom. The number of non-ortho nitro benzene ring substituents is 1. The van der Waals surface area contributed by atoms with Crippen LogP contribution in [0.2, 0.25) is 0 Å². The maximum Gasteiger partial charge on any atom is 0.336 e. The minimum Gasteiger partial charge on any atom is -0.463 e. The van der Waals surface area contributed by atoms with Gasteiger partial charge in [0.25, 0.3) is 5.69 Å². The molecule has 0 saturated heterocycles. The van der Waals surface area contributed by atoms with Crippen molar-refractivity contribution < 1.29 is 24.0 Å². The van der Waals surface area contributed by atoms with Gasteiger partial charge in [0.05, 0.1) is 48.1 Å². The van der Waals surface area contributed by atoms with Crippen LogP contribution in [-0.2, 0) is 25.6 Å². The Balaban J connectivity index is 2.24. The number of dihydropyridines is 1. The van der Waals surface area contributed by atoms with E-state index in [4.69, 9.17) is 9.47 Å². The molecule has 1 aliphatic heterocycles. The summed E-state index contributed by atoms with van der Waals surface area (Å²) < 4.78 is 12.3. The highest BCUT2D eigenvalue weighted by Gasteiger charge is 2.39. The van der Waals surface area contributed by atoms with E-state index in [0.717, 1.165) is 0 Å². The fourth-order valence-corrected chi connectivity index (χ4v) is 3.66. The number of nitrogens with one attached hydrogen (secondary N) is 1. The number of nitro benzene ring substituents is 1. The van der Waals surface area contributed by atoms with Gasteiger partial charge >= 0.3 is 11.9 Å². The monoisotopic (exact) mass is 440 g/mol. The zero-order valence-electron chi connectivity index (χ0n) is 18.0. The highest BCUT2D eigenvalue weighted by molar-refractivity contribution is 6.00. The summed E-state index contributed by atoms with van der Waals surface area (Å²) in [6.07, 6.45) is 4.94. The van der Waals surface area contributed by atoms with Gasteiger partial charge in [-0.25, -0.2) is 14.6 Å². The highest BCUT2D eigenvalue weighted by atomic mass is 16.6. The second-order valence-electron chi connectivity index (χ2n) is 7.02. The van der Waals surface area contributed by atoms with Crippen molar-refractivity contribution in [1.82, 2.24) is 14.9 Å². The predicted molar refractivity (Wildman–Crippen MR) is 114 cm³/mol. The molecule has 1 N–H and O–H groups in total. The fourth-order valence-electron chi connectivity index (χ4n) is 3.66. The largest absolute Gasteiger partial charge is 0.463 e. The van der Waals surface area contributed by atoms with E-state index in [-0.39, 0.29) is 36.6 Å². The summed E-state index contributed by atoms with van der Waals surface area (Å²) in [5.74, 6) is -2.15. The molecule has 10 nitrogen and oxygen atoms in total. The first-order valence-electron chi connectivity index (χ1n) is 10.1. The van der Waals surface area contributed by atoms with Gasteiger partial charge in [-0.05, 0) is 26.3 Å². The minimum atomic E-state index is -0.909. The number of benzene rings is 1. The molecule has 0 amide bonds. The van der Waals surface area contributed by atoms with Crippen molar-refractivity contribution in [3.8, 4) is 0 Å². The number of esters is 2. The maximum absolute atomic E-state index is 13.1. The summed E-state index contributed by atoms with van der Waals surface area (Å²) in [5.41, 5.74) is 1.64. The molecule has 1 aromatic heterocycles. The standard InChI is InChI=1S/C22H24N4O6/c1-4-31-21(27)18-14(3)24-17(12-25-10-9-23-13-25)20(22(28)32-5-2)19(18)15-7-6-8-16(11-15)26(29)30/h6-11,13,19,24H,4-5,12H2,1-3H3. The number of ether oxygens (including phenoxy) is 2. The topological polar surface area (TPSA) is 126 Å². The van der Waals surface area contributed by atoms with Crippen LogP contribution in [-0.4, -0.2) is 39.6 Å². The summed E-state index contributed by atoms with van der Waals surface area (Å²) in [5, 5.41) is 14.5. The van der Waals surface area contributed by atoms with E-state index < -0.39 is 22.8 Å². The number of nitrogens with zero attached hydrogens (tertiary/aromatic N) is 3. The third-order valence-corrected chi connectivity index (χ3v) is 4.95. The number of carbonyl (C=O) groups excluding carboxylic acids is 2. The second-order valence-corrected chi connectivity index (χ2v) is 7.02. The molecule has 1 aliphatic rings. The lowest BCUT2D eigenvalue weighted by Crippen LogP contribution is -2.34. The smallest absolute Gasteiger partial charge is 0.336 e. The first-order chi connectivity index (χ1) is 15.4. The van der Waals surface area contributed by atoms with E-state index in [1.165, 1.54) is 18.2 Å². The summed E-state index contributed by atoms with van der Waals surface area (Å²) >= 11 is 0. The van der Waals surface area contributed by atoms with Gasteiger partial charge in [0.15, 0.2) is 0 Å². The number of allylic oxidation sites excluding steroid dienone is 2. The normalized spacial score (nSPS) is 15.9. The van der Waals surface area contributed by atoms with Crippen LogP contribution >= 0.6 is 0 Å². The number of aromatic nitrogens is 2. The SMILES string of the molecule is CCOC(=O)C1=C(C)NC(Cn2ccnc2)=C(C(=O)OCC)C1c1cccc([N+](=O)[O-])c1. The molecule has 0 bridgehead atoms. The Hall–Kier alpha value is -3.95. The molecular weight excluding hydrogens is 416 g/mol. The van der Waals surface area contributed by atoms with Crippen LogP contribution in [0, 0.1) is 10.1 Å². The molecule has 168 valence electrons. The van der Waals surface area contributed by atoms with Crippen LogP contribution in [0.4, 0.5) is 5.69 Å². The Morgan fingerprint density at radius 1 is 1.19 bits per heavy atom. The number of imidazole rings is 1. The average molecular weight is 440 g/mol. The average Bonchev–Trinajstić information content (AvgIpc) is 3.26. The number of carbonyl (C=O) groups is 2. The first-order valence-corrected chi connectivity index (χ1v) is 10.1. The van der Waals surface area contributed by atoms with Crippen molar-refractivity contribution in [2.75, 3.05) is 13.2 Å². The molecule has 2 heterocycles. The molecule has 2 aromatic rings. The third-order valence-electron chi connectivity index (χ3n) is 4.95. The Labute approximate surface area is 184 Å². The molecule has 32 heavy (non-hydrogen) atoms. The summed E-state index contributed by atoms with van der Waals surface area (Å²) in [6, 6.07) is 5.87. The van der Waals surface area contributed by atoms with Crippen molar-refractivity contribution >= 4 is 17.6 Å². The van der Waals surface area contributed by atoms with E-state index in [0.29, 0.717) is 17.0 Å². The Bertz CT molecular complexity index is 1090. The number of nitro groups is 1. The molecule has 0 aliphatic carbocycles. The highest BCUT2D eigenvalue weighted by Crippen LogP contribution is 2.40. The lowest BCUT2D eigenvalue weighted by atomic mass is 9.80. The van der Waals surface area contributed by atoms with Gasteiger partial charge in [-0.15, -0.1) is 0 Å². The quantitative estimate of drug-likeness (QED) is 0.377. The van der Waals surface area contributed by atoms with E-state index >= 15 is 0 Å². The van der Waals surface area contributed by atoms with Crippen LogP contribution in [0.3, 0.4) is 0 Å². The van der Waals surface area contributed by atoms with E-state index in [1.54, 1.807) is 50.1 Å². The van der Waals surface area contributed by atoms with Crippen molar-refractivity contribution in [3.05, 3.63) is 81.2 Å². The molecule has 10 heteroatoms. The van der Waals surface area contributed by atoms with Gasteiger partial charge in [0.2, 0.25) is 0 Å². The first kappa shape index (κ1) is 22.7. The molecule has 1 aromatic carbocycles. The van der Waals surface area contributed by atoms with E-state index in [2.05, 4.69) is 10.3 Å². The second kappa shape index (κ2) is 9.90. The molecule has 0 spiro atoms. The van der Waals surface area contributed by atoms with Gasteiger partial charge in [-0.2, -0.15) is 0 Å². The van der Waals surface area contributed by atoms with Crippen molar-refractivity contribution in [3.63, 3.8) is 0 Å². The van der Waals surface area contributed by atoms with Gasteiger partial charge in [-0.3, -0.25) is 10.1 Å². The van der Waals surface area contributed by atoms with E-state index in [1.807, 2.05) is 0 Å². The Morgan fingerprint density at radius 2 is 1.88 bits per heavy atom. The fraction of sp³-hybridized carbons (Fsp3) is 0.318. The molecule has 0 fully saturated rings. The van der Waals surface area contributed by atoms with Gasteiger partial charge in [0, 0.05) is 35.9 Å². The van der Waals surface area contributed by atoms with Crippen LogP contribution in [0.1, 0.15) is 32.3 Å². The lowest BCUT2D eigenvalue weighted by Gasteiger charge is -2.31. The summed E-state index contributed by atoms with van der Waals surface area (Å²) in [6.45, 7) is 5.58. The zero-order chi connectivity index (χ0) is 23.3. The minimum absolute atomic E-state index is 0.125. The number of hydrogen-bond acceptors (Lipinski definition) is 8. The Kier molecular flexibility index (Phi) is 7.04. The van der Waals surface area contributed by atoms with E-state index in [9.17, 15) is 19.7 Å². The van der Waals surface area contributed by atoms with Crippen LogP contribution in [0.15, 0.2) is 65.5 Å². The molecular formula is C22H24N4O6. The summed E-state index contributed by atoms with van der Waals surface area (Å²) in [4.78, 5) is 40.9. The zero-order valence-corrected chi connectivity index (χ0v) is 18.0. The lowest BCUT2D eigenvalue weighted by molar-refractivity contribution is -0.384. The molecule has 0 radical (unpaired) electrons. The molecule has 1 unspecified atom stereocenters. The number of hydrogen-bond donors (Lipinski definition) is 1. The van der Waals surface area contributed by atoms with Gasteiger partial charge in [0.1, 0.15) is 0 Å². The van der Waals surface area contributed by atoms with Crippen LogP contribution in [0.25, 0.3) is 0 Å². The third kappa shape index (κ3) is 4.69. The van der Waals surface area contributed by atoms with Crippen molar-refractivity contribution in [2.24, 2.45) is 0 Å². The van der Waals surface area contributed by atoms with Crippen LogP contribution in [0.5, 0.6) is 0 Å². The molecule has 3 rings (SSSR count). The molecule has 0 saturated carbocycles. The van der Waals surface area contributed by atoms with Crippen molar-refractivity contribution in [1.29, 1.82) is 0 Å².